The van der Waals surface area contributed by atoms with Crippen molar-refractivity contribution in [2.45, 2.75) is 37.1 Å². The van der Waals surface area contributed by atoms with Crippen LogP contribution in [0, 0.1) is 0 Å². The summed E-state index contributed by atoms with van der Waals surface area (Å²) in [6.45, 7) is 0. The van der Waals surface area contributed by atoms with E-state index in [0.29, 0.717) is 0 Å². The van der Waals surface area contributed by atoms with E-state index in [2.05, 4.69) is 22.4 Å². The van der Waals surface area contributed by atoms with E-state index in [0.717, 1.165) is 0 Å². The molecule has 0 aromatic heterocycles. The van der Waals surface area contributed by atoms with E-state index in [1.807, 2.05) is 0 Å². The van der Waals surface area contributed by atoms with Crippen molar-refractivity contribution >= 4 is 22.4 Å². The Bertz CT molecular complexity index is 6.04. The first-order chi connectivity index (χ1) is 1.00. The molecule has 0 aromatic carbocycles. The van der Waals surface area contributed by atoms with Crippen LogP contribution < -0.4 is 0 Å². The first-order valence-electron chi connectivity index (χ1n) is 0.167. The first-order valence-corrected chi connectivity index (χ1v) is 1.50. The average molecular weight is 144 g/mol. The summed E-state index contributed by atoms with van der Waals surface area (Å²) in [5.41, 5.74) is 0. The highest BCUT2D eigenvalue weighted by Gasteiger charge is 0.707. The molecule has 0 amide bonds. The molecule has 0 N–H and O–H groups in total. The van der Waals surface area contributed by atoms with Gasteiger partial charge in [-0.3, -0.25) is 0 Å². The Labute approximate surface area is 60.0 Å². The van der Waals surface area contributed by atoms with Crippen LogP contribution in [0.15, 0.2) is 0 Å². The Kier molecular flexibility index (Phi) is 20900. The predicted octanol–water partition coefficient (Wildman–Crippen LogP) is 3.18. The fourth-order valence-electron chi connectivity index (χ4n) is 0. The zero-order valence-electron chi connectivity index (χ0n) is 0.816. The van der Waals surface area contributed by atoms with Crippen LogP contribution in [0.1, 0.15) is 37.1 Å². The number of rotatable bonds is 0. The second-order valence-corrected chi connectivity index (χ2v) is 0. The van der Waals surface area contributed by atoms with Gasteiger partial charge in [-0.25, -0.2) is 0 Å². The summed E-state index contributed by atoms with van der Waals surface area (Å²) in [6, 6.07) is 0. The SMILES string of the molecule is C.C.C.C.C.S=S. The van der Waals surface area contributed by atoms with Crippen molar-refractivity contribution in [3.8, 4) is 0 Å². The second-order valence-electron chi connectivity index (χ2n) is 0. The Hall–Kier alpha value is 0.440. The van der Waals surface area contributed by atoms with Crippen molar-refractivity contribution in [3.05, 3.63) is 0 Å². The first kappa shape index (κ1) is 149. The van der Waals surface area contributed by atoms with E-state index in [9.17, 15) is 0 Å². The molecule has 0 bridgehead atoms. The quantitative estimate of drug-likeness (QED) is 0.512. The fraction of sp³-hybridized carbons (Fsp3) is 1.00. The van der Waals surface area contributed by atoms with Gasteiger partial charge in [0.2, 0.25) is 0 Å². The van der Waals surface area contributed by atoms with Gasteiger partial charge in [-0.2, -0.15) is 0 Å². The van der Waals surface area contributed by atoms with E-state index in [-0.39, 0.29) is 37.1 Å². The van der Waals surface area contributed by atoms with Gasteiger partial charge in [-0.05, 0) is 0 Å². The average Bonchev–Trinajstić information content (AvgIpc) is 1.00. The van der Waals surface area contributed by atoms with Gasteiger partial charge in [-0.1, -0.05) is 37.1 Å². The van der Waals surface area contributed by atoms with Crippen LogP contribution in [-0.2, 0) is 22.4 Å². The molecular formula is C5H20S2. The molecule has 0 radical (unpaired) electrons. The minimum Gasteiger partial charge on any atom is -0.0776 e. The minimum atomic E-state index is 0. The topological polar surface area (TPSA) is 0 Å². The Morgan fingerprint density at radius 1 is 0.429 bits per heavy atom. The molecular weight excluding hydrogens is 124 g/mol. The normalized spacial score (nSPS) is 0.571. The molecule has 0 aliphatic rings. The van der Waals surface area contributed by atoms with Crippen molar-refractivity contribution in [1.82, 2.24) is 0 Å². The minimum absolute atomic E-state index is 0. The lowest BCUT2D eigenvalue weighted by Crippen LogP contribution is -0.710. The van der Waals surface area contributed by atoms with Gasteiger partial charge < -0.3 is 0 Å². The maximum atomic E-state index is 3.67. The van der Waals surface area contributed by atoms with E-state index >= 15 is 0 Å². The summed E-state index contributed by atoms with van der Waals surface area (Å²) < 4.78 is 0. The molecule has 0 aliphatic heterocycles. The van der Waals surface area contributed by atoms with Crippen LogP contribution in [0.25, 0.3) is 0 Å². The highest BCUT2D eigenvalue weighted by atomic mass is 32.8. The van der Waals surface area contributed by atoms with Gasteiger partial charge in [0.25, 0.3) is 0 Å². The van der Waals surface area contributed by atoms with Gasteiger partial charge in [0.15, 0.2) is 0 Å². The van der Waals surface area contributed by atoms with Crippen LogP contribution in [0.3, 0.4) is 0 Å². The van der Waals surface area contributed by atoms with Crippen LogP contribution in [0.2, 0.25) is 0 Å². The third-order valence-electron chi connectivity index (χ3n) is 0. The van der Waals surface area contributed by atoms with E-state index in [4.69, 9.17) is 0 Å². The third-order valence-corrected chi connectivity index (χ3v) is 0. The van der Waals surface area contributed by atoms with Gasteiger partial charge in [0.05, 0.1) is 0 Å². The van der Waals surface area contributed by atoms with Gasteiger partial charge in [0.1, 0.15) is 0 Å². The largest absolute Gasteiger partial charge is 0.0776 e. The molecule has 0 nitrogen and oxygen atoms in total. The van der Waals surface area contributed by atoms with Crippen LogP contribution in [0.4, 0.5) is 0 Å². The zero-order valence-corrected chi connectivity index (χ0v) is 2.45. The number of hydrogen-bond donors (Lipinski definition) is 0. The monoisotopic (exact) mass is 144 g/mol. The van der Waals surface area contributed by atoms with Crippen molar-refractivity contribution in [2.24, 2.45) is 0 Å². The summed E-state index contributed by atoms with van der Waals surface area (Å²) in [5.74, 6) is 0. The Morgan fingerprint density at radius 2 is 0.429 bits per heavy atom. The molecule has 0 saturated heterocycles. The van der Waals surface area contributed by atoms with Crippen molar-refractivity contribution < 1.29 is 0 Å². The molecule has 0 aliphatic carbocycles. The van der Waals surface area contributed by atoms with Gasteiger partial charge in [-0.15, -0.1) is 0 Å². The number of hydrogen-bond acceptors (Lipinski definition) is 2. The molecule has 0 atom stereocenters. The third kappa shape index (κ3) is 656. The van der Waals surface area contributed by atoms with Crippen molar-refractivity contribution in [3.63, 3.8) is 0 Å². The highest BCUT2D eigenvalue weighted by Crippen LogP contribution is 0.705. The standard InChI is InChI=1S/5CH4.S2/c;;;;;1-2/h5*1H4;. The smallest absolute Gasteiger partial charge is 0 e. The summed E-state index contributed by atoms with van der Waals surface area (Å²) in [6.07, 6.45) is 0. The lowest BCUT2D eigenvalue weighted by molar-refractivity contribution is 2.50. The Morgan fingerprint density at radius 3 is 0.429 bits per heavy atom. The van der Waals surface area contributed by atoms with Crippen LogP contribution in [0.5, 0.6) is 0 Å². The molecule has 0 heterocycles. The van der Waals surface area contributed by atoms with Crippen molar-refractivity contribution in [1.29, 1.82) is 0 Å². The molecule has 0 aromatic rings. The Balaban J connectivity index is -0.000000000500. The molecule has 2 heteroatoms. The lowest BCUT2D eigenvalue weighted by atomic mass is 12.0. The summed E-state index contributed by atoms with van der Waals surface area (Å²) in [4.78, 5) is 0. The molecule has 0 rings (SSSR count). The second kappa shape index (κ2) is 984. The highest BCUT2D eigenvalue weighted by molar-refractivity contribution is 8.07. The summed E-state index contributed by atoms with van der Waals surface area (Å²) in [7, 11) is 0. The van der Waals surface area contributed by atoms with E-state index < -0.39 is 0 Å². The molecule has 0 saturated carbocycles. The maximum absolute atomic E-state index is 3.67. The van der Waals surface area contributed by atoms with Crippen LogP contribution in [-0.4, -0.2) is 0 Å². The summed E-state index contributed by atoms with van der Waals surface area (Å²) in [5, 5.41) is 0. The van der Waals surface area contributed by atoms with Crippen molar-refractivity contribution in [2.75, 3.05) is 0 Å². The fourth-order valence-corrected chi connectivity index (χ4v) is 0. The molecule has 0 spiro atoms. The van der Waals surface area contributed by atoms with E-state index in [1.165, 1.54) is 0 Å². The molecule has 0 fully saturated rings. The maximum Gasteiger partial charge on any atom is 0 e. The molecule has 52 valence electrons. The van der Waals surface area contributed by atoms with Gasteiger partial charge >= 0.3 is 0 Å². The van der Waals surface area contributed by atoms with E-state index in [1.54, 1.807) is 0 Å². The lowest BCUT2D eigenvalue weighted by Gasteiger charge is -0.707. The molecule has 7 heavy (non-hydrogen) atoms. The predicted molar refractivity (Wildman–Crippen MR) is 48.4 cm³/mol. The zero-order chi connectivity index (χ0) is 2.00. The summed E-state index contributed by atoms with van der Waals surface area (Å²) >= 11 is 7.33. The van der Waals surface area contributed by atoms with Crippen LogP contribution >= 0.6 is 0 Å². The van der Waals surface area contributed by atoms with Gasteiger partial charge in [0, 0.05) is 22.4 Å². The molecule has 0 unspecified atom stereocenters.